The highest BCUT2D eigenvalue weighted by Crippen LogP contribution is 2.25. The molecule has 3 aromatic rings. The summed E-state index contributed by atoms with van der Waals surface area (Å²) in [5.74, 6) is 3.64. The van der Waals surface area contributed by atoms with Crippen molar-refractivity contribution in [2.24, 2.45) is 0 Å². The van der Waals surface area contributed by atoms with Crippen LogP contribution in [0.5, 0.6) is 0 Å². The van der Waals surface area contributed by atoms with E-state index in [1.165, 1.54) is 0 Å². The first-order valence-corrected chi connectivity index (χ1v) is 6.90. The van der Waals surface area contributed by atoms with Gasteiger partial charge in [0, 0.05) is 10.0 Å². The molecule has 2 aromatic heterocycles. The van der Waals surface area contributed by atoms with Gasteiger partial charge in [-0.1, -0.05) is 28.1 Å². The van der Waals surface area contributed by atoms with Crippen LogP contribution in [0, 0.1) is 6.92 Å². The van der Waals surface area contributed by atoms with Gasteiger partial charge in [0.2, 0.25) is 0 Å². The molecule has 0 spiro atoms. The fourth-order valence-corrected chi connectivity index (χ4v) is 2.26. The molecule has 0 fully saturated rings. The summed E-state index contributed by atoms with van der Waals surface area (Å²) in [5.41, 5.74) is 1.07. The number of furan rings is 2. The molecule has 3 heteroatoms. The molecular formula is C16H13BrO2. The monoisotopic (exact) mass is 316 g/mol. The number of benzene rings is 1. The number of hydrogen-bond donors (Lipinski definition) is 0. The zero-order chi connectivity index (χ0) is 13.2. The fraction of sp³-hybridized carbons (Fsp3) is 0.125. The fourth-order valence-electron chi connectivity index (χ4n) is 1.99. The van der Waals surface area contributed by atoms with E-state index in [1.807, 2.05) is 55.5 Å². The second-order valence-corrected chi connectivity index (χ2v) is 5.38. The predicted molar refractivity (Wildman–Crippen MR) is 78.1 cm³/mol. The quantitative estimate of drug-likeness (QED) is 0.663. The predicted octanol–water partition coefficient (Wildman–Crippen LogP) is 5.20. The Labute approximate surface area is 120 Å². The molecule has 0 amide bonds. The van der Waals surface area contributed by atoms with Crippen LogP contribution in [0.2, 0.25) is 0 Å². The maximum atomic E-state index is 5.85. The van der Waals surface area contributed by atoms with E-state index in [0.717, 1.165) is 33.1 Å². The van der Waals surface area contributed by atoms with Gasteiger partial charge in [0.25, 0.3) is 0 Å². The molecule has 2 heterocycles. The lowest BCUT2D eigenvalue weighted by Gasteiger charge is -1.97. The van der Waals surface area contributed by atoms with Crippen molar-refractivity contribution in [2.45, 2.75) is 13.3 Å². The Balaban J connectivity index is 1.81. The SMILES string of the molecule is Cc1ccc(Cc2ccc(-c3ccc(Br)cc3)o2)o1. The topological polar surface area (TPSA) is 26.3 Å². The molecule has 0 unspecified atom stereocenters. The largest absolute Gasteiger partial charge is 0.466 e. The molecule has 19 heavy (non-hydrogen) atoms. The Hall–Kier alpha value is -1.74. The van der Waals surface area contributed by atoms with Crippen molar-refractivity contribution in [2.75, 3.05) is 0 Å². The lowest BCUT2D eigenvalue weighted by Crippen LogP contribution is -1.81. The maximum absolute atomic E-state index is 5.85. The number of aryl methyl sites for hydroxylation is 1. The highest BCUT2D eigenvalue weighted by atomic mass is 79.9. The van der Waals surface area contributed by atoms with Gasteiger partial charge in [0.15, 0.2) is 0 Å². The van der Waals surface area contributed by atoms with Crippen molar-refractivity contribution < 1.29 is 8.83 Å². The Morgan fingerprint density at radius 3 is 2.21 bits per heavy atom. The summed E-state index contributed by atoms with van der Waals surface area (Å²) < 4.78 is 12.5. The minimum Gasteiger partial charge on any atom is -0.466 e. The van der Waals surface area contributed by atoms with Gasteiger partial charge in [-0.25, -0.2) is 0 Å². The van der Waals surface area contributed by atoms with Gasteiger partial charge in [-0.2, -0.15) is 0 Å². The Morgan fingerprint density at radius 1 is 0.842 bits per heavy atom. The minimum absolute atomic E-state index is 0.685. The lowest BCUT2D eigenvalue weighted by molar-refractivity contribution is 0.465. The second kappa shape index (κ2) is 5.10. The van der Waals surface area contributed by atoms with Crippen LogP contribution in [0.4, 0.5) is 0 Å². The van der Waals surface area contributed by atoms with Gasteiger partial charge in [-0.3, -0.25) is 0 Å². The summed E-state index contributed by atoms with van der Waals surface area (Å²) in [6.45, 7) is 1.94. The molecule has 0 bridgehead atoms. The average Bonchev–Trinajstić information content (AvgIpc) is 3.00. The first-order chi connectivity index (χ1) is 9.20. The molecule has 0 aliphatic carbocycles. The van der Waals surface area contributed by atoms with Crippen LogP contribution >= 0.6 is 15.9 Å². The van der Waals surface area contributed by atoms with Crippen molar-refractivity contribution in [3.63, 3.8) is 0 Å². The zero-order valence-electron chi connectivity index (χ0n) is 10.5. The van der Waals surface area contributed by atoms with Crippen LogP contribution < -0.4 is 0 Å². The Bertz CT molecular complexity index is 677. The van der Waals surface area contributed by atoms with E-state index in [9.17, 15) is 0 Å². The lowest BCUT2D eigenvalue weighted by atomic mass is 10.2. The average molecular weight is 317 g/mol. The van der Waals surface area contributed by atoms with Crippen LogP contribution in [0.15, 0.2) is 61.8 Å². The third kappa shape index (κ3) is 2.82. The van der Waals surface area contributed by atoms with E-state index in [-0.39, 0.29) is 0 Å². The highest BCUT2D eigenvalue weighted by molar-refractivity contribution is 9.10. The molecule has 96 valence electrons. The second-order valence-electron chi connectivity index (χ2n) is 4.46. The molecule has 1 aromatic carbocycles. The third-order valence-electron chi connectivity index (χ3n) is 2.93. The maximum Gasteiger partial charge on any atom is 0.134 e. The summed E-state index contributed by atoms with van der Waals surface area (Å²) in [7, 11) is 0. The molecular weight excluding hydrogens is 304 g/mol. The summed E-state index contributed by atoms with van der Waals surface area (Å²) in [6, 6.07) is 16.0. The van der Waals surface area contributed by atoms with Crippen LogP contribution in [-0.4, -0.2) is 0 Å². The van der Waals surface area contributed by atoms with Gasteiger partial charge >= 0.3 is 0 Å². The van der Waals surface area contributed by atoms with Crippen LogP contribution in [0.3, 0.4) is 0 Å². The molecule has 0 atom stereocenters. The molecule has 0 aliphatic rings. The number of rotatable bonds is 3. The van der Waals surface area contributed by atoms with E-state index in [2.05, 4.69) is 15.9 Å². The molecule has 0 N–H and O–H groups in total. The summed E-state index contributed by atoms with van der Waals surface area (Å²) in [5, 5.41) is 0. The molecule has 0 radical (unpaired) electrons. The van der Waals surface area contributed by atoms with Gasteiger partial charge in [0.1, 0.15) is 23.0 Å². The van der Waals surface area contributed by atoms with Crippen molar-refractivity contribution >= 4 is 15.9 Å². The summed E-state index contributed by atoms with van der Waals surface area (Å²) in [6.07, 6.45) is 0.685. The standard InChI is InChI=1S/C16H13BrO2/c1-11-2-7-14(18-11)10-15-8-9-16(19-15)12-3-5-13(17)6-4-12/h2-9H,10H2,1H3. The highest BCUT2D eigenvalue weighted by Gasteiger charge is 2.07. The summed E-state index contributed by atoms with van der Waals surface area (Å²) >= 11 is 3.43. The zero-order valence-corrected chi connectivity index (χ0v) is 12.1. The first kappa shape index (κ1) is 12.3. The Kier molecular flexibility index (Phi) is 3.30. The number of halogens is 1. The van der Waals surface area contributed by atoms with E-state index in [0.29, 0.717) is 6.42 Å². The number of hydrogen-bond acceptors (Lipinski definition) is 2. The molecule has 3 rings (SSSR count). The first-order valence-electron chi connectivity index (χ1n) is 6.11. The minimum atomic E-state index is 0.685. The van der Waals surface area contributed by atoms with E-state index >= 15 is 0 Å². The van der Waals surface area contributed by atoms with Gasteiger partial charge in [0.05, 0.1) is 6.42 Å². The smallest absolute Gasteiger partial charge is 0.134 e. The van der Waals surface area contributed by atoms with Crippen molar-refractivity contribution in [3.8, 4) is 11.3 Å². The molecule has 0 saturated carbocycles. The van der Waals surface area contributed by atoms with E-state index in [1.54, 1.807) is 0 Å². The van der Waals surface area contributed by atoms with Crippen molar-refractivity contribution in [1.29, 1.82) is 0 Å². The summed E-state index contributed by atoms with van der Waals surface area (Å²) in [4.78, 5) is 0. The third-order valence-corrected chi connectivity index (χ3v) is 3.46. The van der Waals surface area contributed by atoms with Crippen LogP contribution in [-0.2, 0) is 6.42 Å². The van der Waals surface area contributed by atoms with Crippen molar-refractivity contribution in [3.05, 3.63) is 70.3 Å². The van der Waals surface area contributed by atoms with E-state index in [4.69, 9.17) is 8.83 Å². The van der Waals surface area contributed by atoms with Crippen LogP contribution in [0.25, 0.3) is 11.3 Å². The van der Waals surface area contributed by atoms with Gasteiger partial charge < -0.3 is 8.83 Å². The van der Waals surface area contributed by atoms with Crippen molar-refractivity contribution in [1.82, 2.24) is 0 Å². The van der Waals surface area contributed by atoms with E-state index < -0.39 is 0 Å². The van der Waals surface area contributed by atoms with Gasteiger partial charge in [-0.05, 0) is 43.3 Å². The molecule has 2 nitrogen and oxygen atoms in total. The normalized spacial score (nSPS) is 10.8. The van der Waals surface area contributed by atoms with Gasteiger partial charge in [-0.15, -0.1) is 0 Å². The molecule has 0 saturated heterocycles. The van der Waals surface area contributed by atoms with Crippen LogP contribution in [0.1, 0.15) is 17.3 Å². The Morgan fingerprint density at radius 2 is 1.53 bits per heavy atom. The molecule has 0 aliphatic heterocycles.